The van der Waals surface area contributed by atoms with Crippen molar-refractivity contribution < 1.29 is 4.79 Å². The Morgan fingerprint density at radius 2 is 2.03 bits per heavy atom. The summed E-state index contributed by atoms with van der Waals surface area (Å²) in [5.41, 5.74) is 4.81. The Balaban J connectivity index is 1.71. The second-order valence-corrected chi connectivity index (χ2v) is 7.85. The summed E-state index contributed by atoms with van der Waals surface area (Å²) in [6.45, 7) is 2.97. The third-order valence-electron chi connectivity index (χ3n) is 5.25. The van der Waals surface area contributed by atoms with Crippen molar-refractivity contribution in [3.8, 4) is 0 Å². The van der Waals surface area contributed by atoms with Crippen LogP contribution in [0.15, 0.2) is 54.7 Å². The second kappa shape index (κ2) is 9.23. The normalized spacial score (nSPS) is 11.5. The first-order valence-corrected chi connectivity index (χ1v) is 10.6. The number of allylic oxidation sites excluding steroid dienone is 1. The van der Waals surface area contributed by atoms with Gasteiger partial charge in [0.1, 0.15) is 5.82 Å². The predicted octanol–water partition coefficient (Wildman–Crippen LogP) is 3.30. The molecule has 0 fully saturated rings. The maximum Gasteiger partial charge on any atom is 0.221 e. The SMILES string of the molecule is CNC(=O)CCN/C=C\C(=N)c1cc2c(ccc3nnc(C)n32)n1Cc1cccc(Cl)c1. The molecular formula is C23H24ClN7O. The average molecular weight is 450 g/mol. The Morgan fingerprint density at radius 1 is 1.19 bits per heavy atom. The average Bonchev–Trinajstić information content (AvgIpc) is 3.34. The number of fused-ring (bicyclic) bond motifs is 3. The lowest BCUT2D eigenvalue weighted by molar-refractivity contribution is -0.120. The number of halogens is 1. The number of benzene rings is 1. The fraction of sp³-hybridized carbons (Fsp3) is 0.217. The minimum absolute atomic E-state index is 0.0315. The number of pyridine rings is 1. The van der Waals surface area contributed by atoms with Crippen molar-refractivity contribution in [3.05, 3.63) is 76.8 Å². The highest BCUT2D eigenvalue weighted by Gasteiger charge is 2.16. The highest BCUT2D eigenvalue weighted by Crippen LogP contribution is 2.25. The van der Waals surface area contributed by atoms with Crippen LogP contribution in [-0.4, -0.2) is 44.4 Å². The summed E-state index contributed by atoms with van der Waals surface area (Å²) in [6, 6.07) is 13.6. The van der Waals surface area contributed by atoms with Crippen molar-refractivity contribution in [1.29, 1.82) is 5.41 Å². The fourth-order valence-electron chi connectivity index (χ4n) is 3.67. The number of carbonyl (C=O) groups excluding carboxylic acids is 1. The number of amides is 1. The van der Waals surface area contributed by atoms with Crippen LogP contribution >= 0.6 is 11.6 Å². The summed E-state index contributed by atoms with van der Waals surface area (Å²) >= 11 is 6.20. The lowest BCUT2D eigenvalue weighted by Crippen LogP contribution is -2.22. The molecular weight excluding hydrogens is 426 g/mol. The van der Waals surface area contributed by atoms with Crippen molar-refractivity contribution in [1.82, 2.24) is 29.8 Å². The summed E-state index contributed by atoms with van der Waals surface area (Å²) in [5.74, 6) is 0.756. The van der Waals surface area contributed by atoms with Crippen LogP contribution in [0, 0.1) is 12.3 Å². The zero-order valence-electron chi connectivity index (χ0n) is 17.9. The number of rotatable bonds is 8. The largest absolute Gasteiger partial charge is 0.390 e. The fourth-order valence-corrected chi connectivity index (χ4v) is 3.89. The molecule has 8 nitrogen and oxygen atoms in total. The van der Waals surface area contributed by atoms with Gasteiger partial charge in [-0.3, -0.25) is 14.6 Å². The Bertz CT molecular complexity index is 1340. The van der Waals surface area contributed by atoms with E-state index in [4.69, 9.17) is 17.0 Å². The van der Waals surface area contributed by atoms with Gasteiger partial charge < -0.3 is 15.2 Å². The van der Waals surface area contributed by atoms with Gasteiger partial charge in [-0.15, -0.1) is 10.2 Å². The van der Waals surface area contributed by atoms with Crippen LogP contribution in [0.1, 0.15) is 23.5 Å². The summed E-state index contributed by atoms with van der Waals surface area (Å²) in [4.78, 5) is 11.3. The standard InChI is InChI=1S/C23H24ClN7O/c1-15-28-29-22-7-6-19-21(31(15)22)13-20(18(25)8-10-27-11-9-23(32)26-2)30(19)14-16-4-3-5-17(24)12-16/h3-8,10,12-13,25,27H,9,11,14H2,1-2H3,(H,26,32)/b10-8-,25-18?. The van der Waals surface area contributed by atoms with E-state index < -0.39 is 0 Å². The van der Waals surface area contributed by atoms with Crippen molar-refractivity contribution in [2.24, 2.45) is 0 Å². The predicted molar refractivity (Wildman–Crippen MR) is 126 cm³/mol. The molecule has 4 aromatic rings. The summed E-state index contributed by atoms with van der Waals surface area (Å²) < 4.78 is 4.09. The molecule has 4 rings (SSSR count). The Morgan fingerprint density at radius 3 is 2.81 bits per heavy atom. The zero-order chi connectivity index (χ0) is 22.7. The first-order valence-electron chi connectivity index (χ1n) is 10.3. The maximum atomic E-state index is 11.3. The Labute approximate surface area is 190 Å². The Hall–Kier alpha value is -3.65. The molecule has 0 spiro atoms. The number of nitrogens with zero attached hydrogens (tertiary/aromatic N) is 4. The van der Waals surface area contributed by atoms with Gasteiger partial charge in [-0.05, 0) is 55.1 Å². The lowest BCUT2D eigenvalue weighted by Gasteiger charge is -2.11. The van der Waals surface area contributed by atoms with Gasteiger partial charge >= 0.3 is 0 Å². The van der Waals surface area contributed by atoms with Crippen molar-refractivity contribution >= 4 is 39.9 Å². The number of carbonyl (C=O) groups is 1. The van der Waals surface area contributed by atoms with Gasteiger partial charge in [-0.1, -0.05) is 23.7 Å². The molecule has 32 heavy (non-hydrogen) atoms. The molecule has 9 heteroatoms. The molecule has 3 N–H and O–H groups in total. The summed E-state index contributed by atoms with van der Waals surface area (Å²) in [6.07, 6.45) is 3.77. The highest BCUT2D eigenvalue weighted by molar-refractivity contribution is 6.30. The molecule has 3 aromatic heterocycles. The van der Waals surface area contributed by atoms with Gasteiger partial charge in [0.2, 0.25) is 5.91 Å². The highest BCUT2D eigenvalue weighted by atomic mass is 35.5. The van der Waals surface area contributed by atoms with Crippen LogP contribution in [0.25, 0.3) is 16.7 Å². The molecule has 0 radical (unpaired) electrons. The minimum Gasteiger partial charge on any atom is -0.390 e. The number of nitrogens with one attached hydrogen (secondary N) is 3. The van der Waals surface area contributed by atoms with E-state index in [9.17, 15) is 4.79 Å². The van der Waals surface area contributed by atoms with Crippen molar-refractivity contribution in [2.45, 2.75) is 19.9 Å². The van der Waals surface area contributed by atoms with E-state index in [1.165, 1.54) is 0 Å². The molecule has 0 aliphatic heterocycles. The lowest BCUT2D eigenvalue weighted by atomic mass is 10.2. The van der Waals surface area contributed by atoms with Gasteiger partial charge in [0.15, 0.2) is 5.65 Å². The molecule has 0 aliphatic carbocycles. The van der Waals surface area contributed by atoms with E-state index in [-0.39, 0.29) is 5.91 Å². The van der Waals surface area contributed by atoms with Gasteiger partial charge in [-0.2, -0.15) is 0 Å². The van der Waals surface area contributed by atoms with Gasteiger partial charge in [0, 0.05) is 31.6 Å². The first kappa shape index (κ1) is 21.6. The third kappa shape index (κ3) is 4.36. The smallest absolute Gasteiger partial charge is 0.221 e. The molecule has 0 atom stereocenters. The number of aromatic nitrogens is 4. The maximum absolute atomic E-state index is 11.3. The minimum atomic E-state index is -0.0315. The van der Waals surface area contributed by atoms with Crippen LogP contribution in [0.4, 0.5) is 0 Å². The van der Waals surface area contributed by atoms with E-state index in [1.807, 2.05) is 53.8 Å². The Kier molecular flexibility index (Phi) is 6.23. The zero-order valence-corrected chi connectivity index (χ0v) is 18.6. The molecule has 0 bridgehead atoms. The molecule has 1 aromatic carbocycles. The topological polar surface area (TPSA) is 100 Å². The van der Waals surface area contributed by atoms with Crippen molar-refractivity contribution in [2.75, 3.05) is 13.6 Å². The number of hydrogen-bond acceptors (Lipinski definition) is 5. The molecule has 1 amide bonds. The molecule has 0 aliphatic rings. The van der Waals surface area contributed by atoms with Crippen LogP contribution in [-0.2, 0) is 11.3 Å². The first-order chi connectivity index (χ1) is 15.5. The molecule has 0 unspecified atom stereocenters. The van der Waals surface area contributed by atoms with Gasteiger partial charge in [-0.25, -0.2) is 0 Å². The number of aryl methyl sites for hydroxylation is 1. The van der Waals surface area contributed by atoms with Crippen molar-refractivity contribution in [3.63, 3.8) is 0 Å². The van der Waals surface area contributed by atoms with Crippen LogP contribution in [0.5, 0.6) is 0 Å². The molecule has 0 saturated carbocycles. The third-order valence-corrected chi connectivity index (χ3v) is 5.48. The van der Waals surface area contributed by atoms with Crippen LogP contribution < -0.4 is 10.6 Å². The van der Waals surface area contributed by atoms with E-state index >= 15 is 0 Å². The van der Waals surface area contributed by atoms with Gasteiger partial charge in [0.25, 0.3) is 0 Å². The summed E-state index contributed by atoms with van der Waals surface area (Å²) in [7, 11) is 1.61. The number of hydrogen-bond donors (Lipinski definition) is 3. The van der Waals surface area contributed by atoms with Crippen LogP contribution in [0.3, 0.4) is 0 Å². The second-order valence-electron chi connectivity index (χ2n) is 7.41. The summed E-state index contributed by atoms with van der Waals surface area (Å²) in [5, 5.41) is 23.4. The van der Waals surface area contributed by atoms with E-state index in [1.54, 1.807) is 19.3 Å². The van der Waals surface area contributed by atoms with Gasteiger partial charge in [0.05, 0.1) is 22.4 Å². The monoisotopic (exact) mass is 449 g/mol. The van der Waals surface area contributed by atoms with E-state index in [0.717, 1.165) is 33.8 Å². The van der Waals surface area contributed by atoms with Crippen LogP contribution in [0.2, 0.25) is 5.02 Å². The molecule has 164 valence electrons. The molecule has 3 heterocycles. The molecule has 0 saturated heterocycles. The van der Waals surface area contributed by atoms with E-state index in [0.29, 0.717) is 30.2 Å². The van der Waals surface area contributed by atoms with E-state index in [2.05, 4.69) is 25.4 Å². The quantitative estimate of drug-likeness (QED) is 0.284.